The van der Waals surface area contributed by atoms with Crippen LogP contribution in [0.3, 0.4) is 0 Å². The van der Waals surface area contributed by atoms with Crippen molar-refractivity contribution < 1.29 is 14.4 Å². The summed E-state index contributed by atoms with van der Waals surface area (Å²) in [5.74, 6) is -0.213. The summed E-state index contributed by atoms with van der Waals surface area (Å²) < 4.78 is 0. The van der Waals surface area contributed by atoms with Crippen LogP contribution in [0.4, 0.5) is 10.5 Å². The van der Waals surface area contributed by atoms with Crippen molar-refractivity contribution >= 4 is 46.5 Å². The monoisotopic (exact) mass is 490 g/mol. The highest BCUT2D eigenvalue weighted by Crippen LogP contribution is 2.23. The molecule has 0 radical (unpaired) electrons. The Bertz CT molecular complexity index is 958. The van der Waals surface area contributed by atoms with E-state index >= 15 is 0 Å². The van der Waals surface area contributed by atoms with Crippen LogP contribution in [0.1, 0.15) is 43.3 Å². The molecule has 178 valence electrons. The number of nitrogens with one attached hydrogen (secondary N) is 3. The molecule has 1 aliphatic heterocycles. The van der Waals surface area contributed by atoms with Gasteiger partial charge in [0.25, 0.3) is 5.91 Å². The first kappa shape index (κ1) is 25.1. The summed E-state index contributed by atoms with van der Waals surface area (Å²) in [6.45, 7) is 7.04. The molecular weight excluding hydrogens is 460 g/mol. The number of rotatable bonds is 7. The summed E-state index contributed by atoms with van der Waals surface area (Å²) in [7, 11) is 0. The number of benzene rings is 1. The van der Waals surface area contributed by atoms with Crippen LogP contribution in [0.25, 0.3) is 0 Å². The van der Waals surface area contributed by atoms with Gasteiger partial charge in [0.1, 0.15) is 6.04 Å². The Morgan fingerprint density at radius 2 is 1.79 bits per heavy atom. The molecule has 0 aliphatic carbocycles. The molecule has 0 unspecified atom stereocenters. The van der Waals surface area contributed by atoms with Crippen molar-refractivity contribution in [3.63, 3.8) is 0 Å². The van der Waals surface area contributed by atoms with Gasteiger partial charge in [0.2, 0.25) is 5.91 Å². The Morgan fingerprint density at radius 3 is 2.39 bits per heavy atom. The molecule has 1 aliphatic rings. The molecule has 3 N–H and O–H groups in total. The summed E-state index contributed by atoms with van der Waals surface area (Å²) in [6, 6.07) is 9.70. The first-order valence-corrected chi connectivity index (χ1v) is 12.5. The fourth-order valence-corrected chi connectivity index (χ4v) is 4.52. The molecule has 1 aromatic carbocycles. The number of hydrogen-bond acceptors (Lipinski definition) is 4. The third-order valence-corrected chi connectivity index (χ3v) is 7.16. The molecular formula is C24H31ClN4O3S. The van der Waals surface area contributed by atoms with E-state index < -0.39 is 6.04 Å². The number of likely N-dealkylation sites (tertiary alicyclic amines) is 1. The molecule has 1 fully saturated rings. The van der Waals surface area contributed by atoms with Gasteiger partial charge in [0.05, 0.1) is 4.88 Å². The molecule has 2 aromatic rings. The maximum absolute atomic E-state index is 13.1. The van der Waals surface area contributed by atoms with Crippen molar-refractivity contribution in [3.05, 3.63) is 51.7 Å². The Balaban J connectivity index is 1.64. The van der Waals surface area contributed by atoms with Crippen LogP contribution < -0.4 is 16.0 Å². The third-order valence-electron chi connectivity index (χ3n) is 6.06. The second kappa shape index (κ2) is 11.5. The fraction of sp³-hybridized carbons (Fsp3) is 0.458. The number of piperidine rings is 1. The summed E-state index contributed by atoms with van der Waals surface area (Å²) in [5.41, 5.74) is 0.637. The maximum Gasteiger partial charge on any atom is 0.321 e. The summed E-state index contributed by atoms with van der Waals surface area (Å²) in [6.07, 6.45) is 1.23. The van der Waals surface area contributed by atoms with Gasteiger partial charge in [-0.2, -0.15) is 0 Å². The average Bonchev–Trinajstić information content (AvgIpc) is 3.32. The lowest BCUT2D eigenvalue weighted by atomic mass is 9.88. The molecule has 2 atom stereocenters. The molecule has 0 spiro atoms. The maximum atomic E-state index is 13.1. The van der Waals surface area contributed by atoms with Crippen LogP contribution in [0.2, 0.25) is 5.02 Å². The van der Waals surface area contributed by atoms with E-state index in [0.29, 0.717) is 41.5 Å². The number of hydrogen-bond donors (Lipinski definition) is 3. The van der Waals surface area contributed by atoms with Crippen LogP contribution in [-0.4, -0.2) is 47.9 Å². The van der Waals surface area contributed by atoms with Gasteiger partial charge in [-0.05, 0) is 61.2 Å². The van der Waals surface area contributed by atoms with E-state index in [1.807, 2.05) is 32.2 Å². The lowest BCUT2D eigenvalue weighted by molar-refractivity contribution is -0.125. The Kier molecular flexibility index (Phi) is 8.74. The molecule has 2 heterocycles. The van der Waals surface area contributed by atoms with Gasteiger partial charge in [-0.15, -0.1) is 11.3 Å². The van der Waals surface area contributed by atoms with Gasteiger partial charge in [0, 0.05) is 29.8 Å². The second-order valence-electron chi connectivity index (χ2n) is 8.73. The minimum atomic E-state index is -0.654. The smallest absolute Gasteiger partial charge is 0.321 e. The van der Waals surface area contributed by atoms with E-state index in [-0.39, 0.29) is 35.7 Å². The molecule has 4 amide bonds. The minimum Gasteiger partial charge on any atom is -0.352 e. The molecule has 7 nitrogen and oxygen atoms in total. The summed E-state index contributed by atoms with van der Waals surface area (Å²) in [4.78, 5) is 40.8. The van der Waals surface area contributed by atoms with Gasteiger partial charge < -0.3 is 20.9 Å². The zero-order valence-electron chi connectivity index (χ0n) is 19.1. The van der Waals surface area contributed by atoms with Crippen molar-refractivity contribution in [1.82, 2.24) is 15.5 Å². The molecule has 9 heteroatoms. The third kappa shape index (κ3) is 6.95. The van der Waals surface area contributed by atoms with Gasteiger partial charge in [0.15, 0.2) is 0 Å². The number of anilines is 1. The van der Waals surface area contributed by atoms with Gasteiger partial charge in [-0.3, -0.25) is 9.59 Å². The number of nitrogens with zero attached hydrogens (tertiary/aromatic N) is 1. The number of carbonyl (C=O) groups excluding carboxylic acids is 3. The highest BCUT2D eigenvalue weighted by atomic mass is 35.5. The van der Waals surface area contributed by atoms with E-state index in [1.165, 1.54) is 11.3 Å². The number of amides is 4. The Hall–Kier alpha value is -2.58. The summed E-state index contributed by atoms with van der Waals surface area (Å²) in [5, 5.41) is 11.2. The standard InChI is InChI=1S/C24H31ClN4O3S/c1-15(2)16(3)26-23(31)21(28-22(30)20-8-5-13-33-20)17-9-11-29(12-10-17)24(32)27-19-7-4-6-18(25)14-19/h4-8,13-17,21H,9-12H2,1-3H3,(H,26,31)(H,27,32)(H,28,30)/t16-,21+/m0/s1. The van der Waals surface area contributed by atoms with Crippen molar-refractivity contribution in [2.75, 3.05) is 18.4 Å². The number of carbonyl (C=O) groups is 3. The number of thiophene rings is 1. The predicted octanol–water partition coefficient (Wildman–Crippen LogP) is 4.60. The molecule has 33 heavy (non-hydrogen) atoms. The van der Waals surface area contributed by atoms with Crippen LogP contribution >= 0.6 is 22.9 Å². The van der Waals surface area contributed by atoms with Crippen LogP contribution in [0.5, 0.6) is 0 Å². The van der Waals surface area contributed by atoms with Crippen molar-refractivity contribution in [1.29, 1.82) is 0 Å². The number of halogens is 1. The highest BCUT2D eigenvalue weighted by Gasteiger charge is 2.34. The minimum absolute atomic E-state index is 0.0118. The molecule has 3 rings (SSSR count). The normalized spacial score (nSPS) is 16.2. The van der Waals surface area contributed by atoms with E-state index in [1.54, 1.807) is 35.2 Å². The number of urea groups is 1. The van der Waals surface area contributed by atoms with E-state index in [0.717, 1.165) is 0 Å². The average molecular weight is 491 g/mol. The second-order valence-corrected chi connectivity index (χ2v) is 10.1. The van der Waals surface area contributed by atoms with Gasteiger partial charge in [-0.1, -0.05) is 37.6 Å². The zero-order chi connectivity index (χ0) is 24.0. The van der Waals surface area contributed by atoms with Crippen LogP contribution in [-0.2, 0) is 4.79 Å². The molecule has 0 saturated carbocycles. The fourth-order valence-electron chi connectivity index (χ4n) is 3.70. The van der Waals surface area contributed by atoms with E-state index in [9.17, 15) is 14.4 Å². The highest BCUT2D eigenvalue weighted by molar-refractivity contribution is 7.12. The van der Waals surface area contributed by atoms with E-state index in [2.05, 4.69) is 16.0 Å². The van der Waals surface area contributed by atoms with E-state index in [4.69, 9.17) is 11.6 Å². The quantitative estimate of drug-likeness (QED) is 0.529. The summed E-state index contributed by atoms with van der Waals surface area (Å²) >= 11 is 7.34. The Labute approximate surface area is 203 Å². The van der Waals surface area contributed by atoms with Crippen molar-refractivity contribution in [3.8, 4) is 0 Å². The topological polar surface area (TPSA) is 90.5 Å². The lowest BCUT2D eigenvalue weighted by Crippen LogP contribution is -2.55. The molecule has 0 bridgehead atoms. The Morgan fingerprint density at radius 1 is 1.06 bits per heavy atom. The first-order chi connectivity index (χ1) is 15.7. The molecule has 1 saturated heterocycles. The lowest BCUT2D eigenvalue weighted by Gasteiger charge is -2.36. The zero-order valence-corrected chi connectivity index (χ0v) is 20.7. The largest absolute Gasteiger partial charge is 0.352 e. The van der Waals surface area contributed by atoms with Crippen molar-refractivity contribution in [2.45, 2.75) is 45.7 Å². The van der Waals surface area contributed by atoms with Crippen molar-refractivity contribution in [2.24, 2.45) is 11.8 Å². The predicted molar refractivity (Wildman–Crippen MR) is 133 cm³/mol. The van der Waals surface area contributed by atoms with Gasteiger partial charge in [-0.25, -0.2) is 4.79 Å². The van der Waals surface area contributed by atoms with Crippen LogP contribution in [0, 0.1) is 11.8 Å². The molecule has 1 aromatic heterocycles. The SMILES string of the molecule is CC(C)[C@H](C)NC(=O)[C@H](NC(=O)c1cccs1)C1CCN(C(=O)Nc2cccc(Cl)c2)CC1. The van der Waals surface area contributed by atoms with Crippen LogP contribution in [0.15, 0.2) is 41.8 Å². The first-order valence-electron chi connectivity index (χ1n) is 11.2. The van der Waals surface area contributed by atoms with Gasteiger partial charge >= 0.3 is 6.03 Å².